The van der Waals surface area contributed by atoms with Crippen molar-refractivity contribution in [2.45, 2.75) is 33.4 Å². The summed E-state index contributed by atoms with van der Waals surface area (Å²) in [6.07, 6.45) is 1.02. The summed E-state index contributed by atoms with van der Waals surface area (Å²) in [6.45, 7) is 6.38. The summed E-state index contributed by atoms with van der Waals surface area (Å²) < 4.78 is 2.12. The molecule has 0 unspecified atom stereocenters. The van der Waals surface area contributed by atoms with Crippen LogP contribution in [-0.4, -0.2) is 22.1 Å². The van der Waals surface area contributed by atoms with Gasteiger partial charge in [-0.2, -0.15) is 0 Å². The van der Waals surface area contributed by atoms with Crippen molar-refractivity contribution >= 4 is 17.0 Å². The van der Waals surface area contributed by atoms with Crippen LogP contribution in [0.25, 0.3) is 11.0 Å². The first-order valence-electron chi connectivity index (χ1n) is 9.22. The molecule has 0 saturated carbocycles. The summed E-state index contributed by atoms with van der Waals surface area (Å²) in [5.41, 5.74) is 4.78. The van der Waals surface area contributed by atoms with Crippen molar-refractivity contribution in [3.63, 3.8) is 0 Å². The zero-order valence-corrected chi connectivity index (χ0v) is 15.8. The molecule has 0 aliphatic heterocycles. The molecule has 3 aromatic rings. The molecule has 0 atom stereocenters. The van der Waals surface area contributed by atoms with Crippen molar-refractivity contribution < 1.29 is 0 Å². The number of para-hydroxylation sites is 2. The molecule has 0 amide bonds. The van der Waals surface area contributed by atoms with Crippen molar-refractivity contribution in [1.82, 2.24) is 20.2 Å². The lowest BCUT2D eigenvalue weighted by molar-refractivity contribution is 0.737. The summed E-state index contributed by atoms with van der Waals surface area (Å²) in [5.74, 6) is 1.80. The number of aryl methyl sites for hydroxylation is 2. The van der Waals surface area contributed by atoms with Crippen molar-refractivity contribution in [2.24, 2.45) is 12.0 Å². The van der Waals surface area contributed by atoms with Crippen LogP contribution in [0, 0.1) is 0 Å². The van der Waals surface area contributed by atoms with E-state index in [1.807, 2.05) is 25.2 Å². The predicted molar refractivity (Wildman–Crippen MR) is 108 cm³/mol. The number of guanidine groups is 1. The molecule has 0 spiro atoms. The highest BCUT2D eigenvalue weighted by Crippen LogP contribution is 2.14. The molecular weight excluding hydrogens is 322 g/mol. The first-order valence-corrected chi connectivity index (χ1v) is 9.22. The van der Waals surface area contributed by atoms with E-state index in [0.717, 1.165) is 35.8 Å². The molecule has 0 bridgehead atoms. The fourth-order valence-corrected chi connectivity index (χ4v) is 3.08. The molecule has 0 fully saturated rings. The summed E-state index contributed by atoms with van der Waals surface area (Å²) in [7, 11) is 2.05. The van der Waals surface area contributed by atoms with Crippen LogP contribution < -0.4 is 10.6 Å². The van der Waals surface area contributed by atoms with E-state index >= 15 is 0 Å². The lowest BCUT2D eigenvalue weighted by Gasteiger charge is -2.12. The van der Waals surface area contributed by atoms with Crippen molar-refractivity contribution in [3.05, 3.63) is 65.5 Å². The van der Waals surface area contributed by atoms with Crippen LogP contribution in [0.1, 0.15) is 30.8 Å². The van der Waals surface area contributed by atoms with Gasteiger partial charge in [0.25, 0.3) is 0 Å². The molecule has 1 heterocycles. The van der Waals surface area contributed by atoms with Gasteiger partial charge >= 0.3 is 0 Å². The van der Waals surface area contributed by atoms with Crippen LogP contribution in [0.2, 0.25) is 0 Å². The molecule has 2 aromatic carbocycles. The van der Waals surface area contributed by atoms with E-state index in [9.17, 15) is 0 Å². The Balaban J connectivity index is 1.72. The van der Waals surface area contributed by atoms with Crippen molar-refractivity contribution in [3.8, 4) is 0 Å². The average Bonchev–Trinajstić information content (AvgIpc) is 3.00. The third kappa shape index (κ3) is 4.04. The second-order valence-corrected chi connectivity index (χ2v) is 6.25. The Morgan fingerprint density at radius 3 is 2.46 bits per heavy atom. The number of nitrogens with zero attached hydrogens (tertiary/aromatic N) is 3. The Labute approximate surface area is 155 Å². The minimum absolute atomic E-state index is 0.631. The molecular formula is C21H27N5. The monoisotopic (exact) mass is 349 g/mol. The van der Waals surface area contributed by atoms with Gasteiger partial charge in [-0.3, -0.25) is 0 Å². The molecule has 5 nitrogen and oxygen atoms in total. The molecule has 0 aliphatic carbocycles. The number of hydrogen-bond donors (Lipinski definition) is 2. The fraction of sp³-hybridized carbons (Fsp3) is 0.333. The summed E-state index contributed by atoms with van der Waals surface area (Å²) >= 11 is 0. The number of aromatic nitrogens is 2. The van der Waals surface area contributed by atoms with Crippen LogP contribution >= 0.6 is 0 Å². The predicted octanol–water partition coefficient (Wildman–Crippen LogP) is 3.39. The standard InChI is InChI=1S/C21H27N5/c1-4-16-10-6-7-11-17(16)14-23-21(22-5-2)24-15-20-25-18-12-8-9-13-19(18)26(20)3/h6-13H,4-5,14-15H2,1-3H3,(H2,22,23,24). The number of nitrogens with one attached hydrogen (secondary N) is 2. The normalized spacial score (nSPS) is 11.7. The van der Waals surface area contributed by atoms with E-state index in [0.29, 0.717) is 13.1 Å². The molecule has 1 aromatic heterocycles. The van der Waals surface area contributed by atoms with Crippen LogP contribution in [0.3, 0.4) is 0 Å². The van der Waals surface area contributed by atoms with Gasteiger partial charge in [0.15, 0.2) is 5.96 Å². The van der Waals surface area contributed by atoms with E-state index in [1.165, 1.54) is 11.1 Å². The number of imidazole rings is 1. The lowest BCUT2D eigenvalue weighted by Crippen LogP contribution is -2.37. The van der Waals surface area contributed by atoms with Crippen molar-refractivity contribution in [2.75, 3.05) is 6.54 Å². The van der Waals surface area contributed by atoms with Gasteiger partial charge in [0.05, 0.1) is 24.1 Å². The number of hydrogen-bond acceptors (Lipinski definition) is 2. The number of fused-ring (bicyclic) bond motifs is 1. The minimum atomic E-state index is 0.631. The molecule has 0 aliphatic rings. The minimum Gasteiger partial charge on any atom is -0.357 e. The fourth-order valence-electron chi connectivity index (χ4n) is 3.08. The molecule has 26 heavy (non-hydrogen) atoms. The van der Waals surface area contributed by atoms with Crippen LogP contribution in [0.15, 0.2) is 53.5 Å². The van der Waals surface area contributed by atoms with Gasteiger partial charge in [-0.25, -0.2) is 9.98 Å². The molecule has 2 N–H and O–H groups in total. The Morgan fingerprint density at radius 2 is 1.73 bits per heavy atom. The quantitative estimate of drug-likeness (QED) is 0.530. The Bertz CT molecular complexity index is 894. The zero-order chi connectivity index (χ0) is 18.4. The van der Waals surface area contributed by atoms with Crippen LogP contribution in [0.4, 0.5) is 0 Å². The van der Waals surface area contributed by atoms with Gasteiger partial charge in [0.2, 0.25) is 0 Å². The first kappa shape index (κ1) is 18.0. The third-order valence-electron chi connectivity index (χ3n) is 4.54. The third-order valence-corrected chi connectivity index (χ3v) is 4.54. The van der Waals surface area contributed by atoms with E-state index < -0.39 is 0 Å². The Hall–Kier alpha value is -2.82. The topological polar surface area (TPSA) is 54.2 Å². The van der Waals surface area contributed by atoms with Gasteiger partial charge < -0.3 is 15.2 Å². The summed E-state index contributed by atoms with van der Waals surface area (Å²) in [5, 5.41) is 6.72. The number of benzene rings is 2. The van der Waals surface area contributed by atoms with Gasteiger partial charge in [-0.1, -0.05) is 43.3 Å². The molecule has 0 saturated heterocycles. The van der Waals surface area contributed by atoms with E-state index in [2.05, 4.69) is 59.4 Å². The van der Waals surface area contributed by atoms with Gasteiger partial charge in [-0.05, 0) is 36.6 Å². The molecule has 0 radical (unpaired) electrons. The molecule has 5 heteroatoms. The Kier molecular flexibility index (Phi) is 5.89. The maximum Gasteiger partial charge on any atom is 0.191 e. The maximum atomic E-state index is 4.75. The van der Waals surface area contributed by atoms with Gasteiger partial charge in [-0.15, -0.1) is 0 Å². The van der Waals surface area contributed by atoms with Crippen LogP contribution in [-0.2, 0) is 26.6 Å². The van der Waals surface area contributed by atoms with Crippen LogP contribution in [0.5, 0.6) is 0 Å². The van der Waals surface area contributed by atoms with Crippen molar-refractivity contribution in [1.29, 1.82) is 0 Å². The summed E-state index contributed by atoms with van der Waals surface area (Å²) in [4.78, 5) is 9.46. The lowest BCUT2D eigenvalue weighted by atomic mass is 10.1. The molecule has 136 valence electrons. The highest BCUT2D eigenvalue weighted by atomic mass is 15.2. The highest BCUT2D eigenvalue weighted by Gasteiger charge is 2.08. The van der Waals surface area contributed by atoms with E-state index in [1.54, 1.807) is 0 Å². The second kappa shape index (κ2) is 8.52. The van der Waals surface area contributed by atoms with E-state index in [-0.39, 0.29) is 0 Å². The highest BCUT2D eigenvalue weighted by molar-refractivity contribution is 5.80. The van der Waals surface area contributed by atoms with Gasteiger partial charge in [0.1, 0.15) is 5.82 Å². The Morgan fingerprint density at radius 1 is 1.00 bits per heavy atom. The maximum absolute atomic E-state index is 4.75. The summed E-state index contributed by atoms with van der Waals surface area (Å²) in [6, 6.07) is 16.7. The smallest absolute Gasteiger partial charge is 0.191 e. The average molecular weight is 349 g/mol. The zero-order valence-electron chi connectivity index (χ0n) is 15.8. The van der Waals surface area contributed by atoms with Gasteiger partial charge in [0, 0.05) is 13.6 Å². The SMILES string of the molecule is CCNC(=NCc1ccccc1CC)NCc1nc2ccccc2n1C. The van der Waals surface area contributed by atoms with E-state index in [4.69, 9.17) is 9.98 Å². The number of aliphatic imine (C=N–C) groups is 1. The number of rotatable bonds is 6. The largest absolute Gasteiger partial charge is 0.357 e. The molecule has 3 rings (SSSR count). The first-order chi connectivity index (χ1) is 12.7. The second-order valence-electron chi connectivity index (χ2n) is 6.25.